The molecule has 0 aromatic rings. The summed E-state index contributed by atoms with van der Waals surface area (Å²) < 4.78 is 18.4. The van der Waals surface area contributed by atoms with Crippen LogP contribution in [0.5, 0.6) is 0 Å². The highest BCUT2D eigenvalue weighted by atomic mass is 16.8. The van der Waals surface area contributed by atoms with Crippen LogP contribution in [0, 0.1) is 46.3 Å². The average molecular weight is 488 g/mol. The predicted molar refractivity (Wildman–Crippen MR) is 133 cm³/mol. The molecule has 0 aromatic heterocycles. The summed E-state index contributed by atoms with van der Waals surface area (Å²) in [5.74, 6) is 2.62. The lowest BCUT2D eigenvalue weighted by Gasteiger charge is -2.63. The van der Waals surface area contributed by atoms with Crippen LogP contribution in [-0.4, -0.2) is 37.1 Å². The van der Waals surface area contributed by atoms with E-state index in [1.165, 1.54) is 32.8 Å². The summed E-state index contributed by atoms with van der Waals surface area (Å²) in [4.78, 5) is 15.0. The lowest BCUT2D eigenvalue weighted by atomic mass is 9.43. The molecule has 7 nitrogen and oxygen atoms in total. The average Bonchev–Trinajstić information content (AvgIpc) is 3.33. The van der Waals surface area contributed by atoms with E-state index < -0.39 is 5.79 Å². The molecule has 4 saturated carbocycles. The highest BCUT2D eigenvalue weighted by Crippen LogP contribution is 2.70. The van der Waals surface area contributed by atoms with Gasteiger partial charge in [-0.15, -0.1) is 0 Å². The molecule has 4 unspecified atom stereocenters. The first-order valence-corrected chi connectivity index (χ1v) is 14.0. The normalized spacial score (nSPS) is 48.5. The molecule has 5 fully saturated rings. The molecule has 4 aliphatic carbocycles. The standard InChI is InChI=1S/C28H45N3O4/c1-16(7-10-22(32)33-6)18-8-9-19-23-20(12-14-27(18,19)4)28(5)13-11-17(30-31-29)15-21(28)24-25(23)35-26(2,3)34-24/h16-21,23-25H,7-15H2,1-6H3/t16-,17+,18-,19?,20?,21?,23?,24-,25-,27-,28-/m1/s1. The molecule has 1 saturated heterocycles. The van der Waals surface area contributed by atoms with Crippen LogP contribution in [0.15, 0.2) is 5.11 Å². The summed E-state index contributed by atoms with van der Waals surface area (Å²) >= 11 is 0. The minimum Gasteiger partial charge on any atom is -0.469 e. The number of carbonyl (C=O) groups excluding carboxylic acids is 1. The van der Waals surface area contributed by atoms with Crippen molar-refractivity contribution in [1.29, 1.82) is 0 Å². The zero-order valence-corrected chi connectivity index (χ0v) is 22.5. The molecule has 0 radical (unpaired) electrons. The van der Waals surface area contributed by atoms with Crippen molar-refractivity contribution in [2.24, 2.45) is 51.5 Å². The number of nitrogens with zero attached hydrogens (tertiary/aromatic N) is 3. The Kier molecular flexibility index (Phi) is 6.46. The molecule has 196 valence electrons. The van der Waals surface area contributed by atoms with E-state index >= 15 is 0 Å². The largest absolute Gasteiger partial charge is 0.469 e. The van der Waals surface area contributed by atoms with E-state index in [9.17, 15) is 4.79 Å². The topological polar surface area (TPSA) is 93.5 Å². The van der Waals surface area contributed by atoms with Crippen molar-refractivity contribution in [3.63, 3.8) is 0 Å². The molecule has 11 atom stereocenters. The number of hydrogen-bond acceptors (Lipinski definition) is 5. The molecule has 0 aromatic carbocycles. The van der Waals surface area contributed by atoms with Gasteiger partial charge in [0.1, 0.15) is 0 Å². The molecule has 0 N–H and O–H groups in total. The van der Waals surface area contributed by atoms with Crippen LogP contribution in [0.2, 0.25) is 0 Å². The molecular weight excluding hydrogens is 442 g/mol. The fourth-order valence-electron chi connectivity index (χ4n) is 9.96. The Hall–Kier alpha value is -1.30. The third kappa shape index (κ3) is 4.01. The van der Waals surface area contributed by atoms with E-state index in [2.05, 4.69) is 44.6 Å². The summed E-state index contributed by atoms with van der Waals surface area (Å²) in [7, 11) is 1.49. The third-order valence-corrected chi connectivity index (χ3v) is 11.5. The van der Waals surface area contributed by atoms with E-state index in [0.29, 0.717) is 41.9 Å². The first-order chi connectivity index (χ1) is 16.5. The Morgan fingerprint density at radius 1 is 1.03 bits per heavy atom. The van der Waals surface area contributed by atoms with Gasteiger partial charge in [-0.1, -0.05) is 25.9 Å². The van der Waals surface area contributed by atoms with Crippen LogP contribution in [0.1, 0.15) is 92.4 Å². The third-order valence-electron chi connectivity index (χ3n) is 11.5. The monoisotopic (exact) mass is 487 g/mol. The molecule has 7 heteroatoms. The maximum Gasteiger partial charge on any atom is 0.305 e. The number of azide groups is 1. The van der Waals surface area contributed by atoms with E-state index in [1.54, 1.807) is 0 Å². The lowest BCUT2D eigenvalue weighted by Crippen LogP contribution is -2.63. The summed E-state index contributed by atoms with van der Waals surface area (Å²) in [5.41, 5.74) is 9.58. The minimum atomic E-state index is -0.573. The van der Waals surface area contributed by atoms with E-state index in [-0.39, 0.29) is 35.0 Å². The number of fused-ring (bicyclic) bond motifs is 8. The Morgan fingerprint density at radius 3 is 2.43 bits per heavy atom. The SMILES string of the molecule is COC(=O)CC[C@@H](C)[C@H]1CCC2C3C(CC[C@@]21C)[C@@]1(C)CC[C@H](N=[N+]=[N-])CC1[C@H]1OC(C)(C)O[C@H]31. The van der Waals surface area contributed by atoms with Gasteiger partial charge in [0.25, 0.3) is 0 Å². The number of ether oxygens (including phenoxy) is 3. The van der Waals surface area contributed by atoms with Gasteiger partial charge < -0.3 is 14.2 Å². The first-order valence-electron chi connectivity index (χ1n) is 14.0. The van der Waals surface area contributed by atoms with Crippen molar-refractivity contribution < 1.29 is 19.0 Å². The van der Waals surface area contributed by atoms with Crippen LogP contribution in [0.4, 0.5) is 0 Å². The van der Waals surface area contributed by atoms with Gasteiger partial charge in [-0.2, -0.15) is 0 Å². The summed E-state index contributed by atoms with van der Waals surface area (Å²) in [5, 5.41) is 4.14. The number of esters is 1. The van der Waals surface area contributed by atoms with Crippen molar-refractivity contribution in [1.82, 2.24) is 0 Å². The number of hydrogen-bond donors (Lipinski definition) is 0. The van der Waals surface area contributed by atoms with Crippen LogP contribution < -0.4 is 0 Å². The van der Waals surface area contributed by atoms with Crippen LogP contribution in [0.3, 0.4) is 0 Å². The Morgan fingerprint density at radius 2 is 1.71 bits per heavy atom. The molecule has 1 heterocycles. The second-order valence-electron chi connectivity index (χ2n) is 13.4. The highest BCUT2D eigenvalue weighted by Gasteiger charge is 2.68. The molecular formula is C28H45N3O4. The van der Waals surface area contributed by atoms with Crippen molar-refractivity contribution in [2.45, 2.75) is 116 Å². The van der Waals surface area contributed by atoms with Gasteiger partial charge in [0.2, 0.25) is 0 Å². The molecule has 0 spiro atoms. The van der Waals surface area contributed by atoms with E-state index in [4.69, 9.17) is 19.7 Å². The van der Waals surface area contributed by atoms with Crippen LogP contribution in [-0.2, 0) is 19.0 Å². The highest BCUT2D eigenvalue weighted by molar-refractivity contribution is 5.69. The Balaban J connectivity index is 1.44. The maximum atomic E-state index is 11.8. The van der Waals surface area contributed by atoms with Gasteiger partial charge in [0.05, 0.1) is 19.3 Å². The summed E-state index contributed by atoms with van der Waals surface area (Å²) in [6.45, 7) is 11.5. The van der Waals surface area contributed by atoms with Crippen molar-refractivity contribution in [3.8, 4) is 0 Å². The second kappa shape index (κ2) is 8.92. The first kappa shape index (κ1) is 25.4. The van der Waals surface area contributed by atoms with Gasteiger partial charge in [-0.05, 0) is 117 Å². The summed E-state index contributed by atoms with van der Waals surface area (Å²) in [6.07, 6.45) is 9.62. The van der Waals surface area contributed by atoms with Crippen molar-refractivity contribution in [3.05, 3.63) is 10.4 Å². The zero-order valence-electron chi connectivity index (χ0n) is 22.5. The van der Waals surface area contributed by atoms with Gasteiger partial charge in [-0.25, -0.2) is 0 Å². The fourth-order valence-corrected chi connectivity index (χ4v) is 9.96. The Labute approximate surface area is 210 Å². The van der Waals surface area contributed by atoms with Crippen LogP contribution >= 0.6 is 0 Å². The quantitative estimate of drug-likeness (QED) is 0.188. The van der Waals surface area contributed by atoms with Gasteiger partial charge in [0, 0.05) is 17.4 Å². The zero-order chi connectivity index (χ0) is 25.2. The van der Waals surface area contributed by atoms with Gasteiger partial charge >= 0.3 is 5.97 Å². The maximum absolute atomic E-state index is 11.8. The molecule has 0 amide bonds. The lowest BCUT2D eigenvalue weighted by molar-refractivity contribution is -0.182. The number of rotatable bonds is 5. The molecule has 1 aliphatic heterocycles. The number of carbonyl (C=O) groups is 1. The fraction of sp³-hybridized carbons (Fsp3) is 0.964. The summed E-state index contributed by atoms with van der Waals surface area (Å²) in [6, 6.07) is 0.0722. The smallest absolute Gasteiger partial charge is 0.305 e. The van der Waals surface area contributed by atoms with E-state index in [0.717, 1.165) is 25.7 Å². The van der Waals surface area contributed by atoms with Crippen molar-refractivity contribution >= 4 is 5.97 Å². The predicted octanol–water partition coefficient (Wildman–Crippen LogP) is 6.65. The molecule has 5 aliphatic rings. The Bertz CT molecular complexity index is 887. The van der Waals surface area contributed by atoms with Gasteiger partial charge in [-0.3, -0.25) is 4.79 Å². The molecule has 35 heavy (non-hydrogen) atoms. The molecule has 0 bridgehead atoms. The number of methoxy groups -OCH3 is 1. The minimum absolute atomic E-state index is 0.0722. The van der Waals surface area contributed by atoms with Crippen molar-refractivity contribution in [2.75, 3.05) is 7.11 Å². The molecule has 5 rings (SSSR count). The van der Waals surface area contributed by atoms with E-state index in [1.807, 2.05) is 0 Å². The second-order valence-corrected chi connectivity index (χ2v) is 13.4. The van der Waals surface area contributed by atoms with Gasteiger partial charge in [0.15, 0.2) is 5.79 Å². The van der Waals surface area contributed by atoms with Crippen LogP contribution in [0.25, 0.3) is 10.4 Å².